The second-order valence-corrected chi connectivity index (χ2v) is 5.13. The van der Waals surface area contributed by atoms with E-state index in [4.69, 9.17) is 4.74 Å². The van der Waals surface area contributed by atoms with Gasteiger partial charge in [-0.2, -0.15) is 0 Å². The first kappa shape index (κ1) is 12.3. The Morgan fingerprint density at radius 3 is 2.75 bits per heavy atom. The Morgan fingerprint density at radius 1 is 1.19 bits per heavy atom. The molecule has 1 heterocycles. The molecule has 2 fully saturated rings. The van der Waals surface area contributed by atoms with Gasteiger partial charge in [-0.15, -0.1) is 0 Å². The summed E-state index contributed by atoms with van der Waals surface area (Å²) in [5.74, 6) is 0. The second kappa shape index (κ2) is 5.99. The summed E-state index contributed by atoms with van der Waals surface area (Å²) in [4.78, 5) is 2.47. The molecule has 0 radical (unpaired) electrons. The van der Waals surface area contributed by atoms with E-state index in [1.165, 1.54) is 32.1 Å². The lowest BCUT2D eigenvalue weighted by Crippen LogP contribution is -2.51. The van der Waals surface area contributed by atoms with Crippen molar-refractivity contribution >= 4 is 0 Å². The summed E-state index contributed by atoms with van der Waals surface area (Å²) < 4.78 is 5.72. The Bertz CT molecular complexity index is 208. The van der Waals surface area contributed by atoms with E-state index in [1.807, 2.05) is 0 Å². The van der Waals surface area contributed by atoms with Crippen LogP contribution in [0.5, 0.6) is 0 Å². The molecule has 94 valence electrons. The summed E-state index contributed by atoms with van der Waals surface area (Å²) in [5, 5.41) is 10.1. The van der Waals surface area contributed by atoms with Crippen LogP contribution in [-0.2, 0) is 4.74 Å². The van der Waals surface area contributed by atoms with Crippen LogP contribution in [0.3, 0.4) is 0 Å². The number of hydrogen-bond acceptors (Lipinski definition) is 3. The zero-order chi connectivity index (χ0) is 11.4. The Balaban J connectivity index is 1.87. The zero-order valence-corrected chi connectivity index (χ0v) is 10.4. The van der Waals surface area contributed by atoms with Crippen molar-refractivity contribution in [1.82, 2.24) is 4.90 Å². The van der Waals surface area contributed by atoms with Gasteiger partial charge in [-0.1, -0.05) is 12.8 Å². The number of piperidine rings is 1. The van der Waals surface area contributed by atoms with Gasteiger partial charge in [-0.05, 0) is 39.2 Å². The highest BCUT2D eigenvalue weighted by molar-refractivity contribution is 4.86. The molecule has 0 aromatic rings. The third kappa shape index (κ3) is 2.96. The van der Waals surface area contributed by atoms with Crippen molar-refractivity contribution in [3.63, 3.8) is 0 Å². The minimum absolute atomic E-state index is 0.103. The highest BCUT2D eigenvalue weighted by Gasteiger charge is 2.32. The Kier molecular flexibility index (Phi) is 4.62. The summed E-state index contributed by atoms with van der Waals surface area (Å²) >= 11 is 0. The Labute approximate surface area is 98.8 Å². The topological polar surface area (TPSA) is 32.7 Å². The lowest BCUT2D eigenvalue weighted by Gasteiger charge is -2.42. The molecule has 1 aliphatic heterocycles. The summed E-state index contributed by atoms with van der Waals surface area (Å²) in [7, 11) is 0. The van der Waals surface area contributed by atoms with Crippen molar-refractivity contribution in [3.8, 4) is 0 Å². The van der Waals surface area contributed by atoms with Gasteiger partial charge in [0, 0.05) is 19.2 Å². The maximum absolute atomic E-state index is 10.1. The summed E-state index contributed by atoms with van der Waals surface area (Å²) in [6.45, 7) is 5.04. The third-order valence-electron chi connectivity index (χ3n) is 3.97. The summed E-state index contributed by atoms with van der Waals surface area (Å²) in [5.41, 5.74) is 0. The monoisotopic (exact) mass is 227 g/mol. The normalized spacial score (nSPS) is 37.5. The molecule has 2 aliphatic rings. The molecule has 0 bridgehead atoms. The van der Waals surface area contributed by atoms with Crippen LogP contribution in [0.4, 0.5) is 0 Å². The molecule has 0 amide bonds. The summed E-state index contributed by atoms with van der Waals surface area (Å²) in [6.07, 6.45) is 7.32. The van der Waals surface area contributed by atoms with Crippen molar-refractivity contribution in [2.75, 3.05) is 19.7 Å². The number of ether oxygens (including phenoxy) is 1. The van der Waals surface area contributed by atoms with Gasteiger partial charge < -0.3 is 9.84 Å². The molecule has 3 atom stereocenters. The lowest BCUT2D eigenvalue weighted by atomic mass is 9.90. The van der Waals surface area contributed by atoms with Gasteiger partial charge in [0.05, 0.1) is 12.2 Å². The van der Waals surface area contributed by atoms with E-state index in [9.17, 15) is 5.11 Å². The Morgan fingerprint density at radius 2 is 2.00 bits per heavy atom. The number of likely N-dealkylation sites (tertiary alicyclic amines) is 1. The molecule has 3 heteroatoms. The fourth-order valence-corrected chi connectivity index (χ4v) is 3.16. The predicted octanol–water partition coefficient (Wildman–Crippen LogP) is 1.79. The molecule has 1 N–H and O–H groups in total. The predicted molar refractivity (Wildman–Crippen MR) is 64.5 cm³/mol. The maximum Gasteiger partial charge on any atom is 0.0702 e. The molecular weight excluding hydrogens is 202 g/mol. The van der Waals surface area contributed by atoms with Crippen molar-refractivity contribution < 1.29 is 9.84 Å². The maximum atomic E-state index is 10.1. The molecule has 1 saturated heterocycles. The number of hydrogen-bond donors (Lipinski definition) is 1. The molecule has 3 nitrogen and oxygen atoms in total. The van der Waals surface area contributed by atoms with Crippen molar-refractivity contribution in [2.45, 2.75) is 63.7 Å². The van der Waals surface area contributed by atoms with Gasteiger partial charge in [0.1, 0.15) is 0 Å². The van der Waals surface area contributed by atoms with Crippen LogP contribution in [0, 0.1) is 0 Å². The largest absolute Gasteiger partial charge is 0.391 e. The first-order valence-corrected chi connectivity index (χ1v) is 6.85. The van der Waals surface area contributed by atoms with Crippen LogP contribution in [0.1, 0.15) is 45.4 Å². The number of rotatable bonds is 3. The van der Waals surface area contributed by atoms with Crippen LogP contribution in [0.15, 0.2) is 0 Å². The highest BCUT2D eigenvalue weighted by atomic mass is 16.5. The van der Waals surface area contributed by atoms with E-state index >= 15 is 0 Å². The molecule has 0 aromatic carbocycles. The minimum Gasteiger partial charge on any atom is -0.391 e. The molecule has 16 heavy (non-hydrogen) atoms. The average molecular weight is 227 g/mol. The van der Waals surface area contributed by atoms with E-state index < -0.39 is 0 Å². The van der Waals surface area contributed by atoms with Crippen LogP contribution in [0.25, 0.3) is 0 Å². The standard InChI is InChI=1S/C13H25NO2/c1-2-16-11-6-5-9-14(10-11)12-7-3-4-8-13(12)15/h11-13,15H,2-10H2,1H3. The molecule has 2 rings (SSSR count). The van der Waals surface area contributed by atoms with Gasteiger partial charge in [0.15, 0.2) is 0 Å². The molecule has 1 aliphatic carbocycles. The quantitative estimate of drug-likeness (QED) is 0.798. The molecule has 3 unspecified atom stereocenters. The van der Waals surface area contributed by atoms with Gasteiger partial charge in [0.2, 0.25) is 0 Å². The highest BCUT2D eigenvalue weighted by Crippen LogP contribution is 2.26. The number of aliphatic hydroxyl groups excluding tert-OH is 1. The Hall–Kier alpha value is -0.120. The average Bonchev–Trinajstić information content (AvgIpc) is 2.30. The van der Waals surface area contributed by atoms with Crippen LogP contribution in [-0.4, -0.2) is 48.0 Å². The van der Waals surface area contributed by atoms with E-state index in [0.717, 1.165) is 26.1 Å². The zero-order valence-electron chi connectivity index (χ0n) is 10.4. The van der Waals surface area contributed by atoms with Crippen molar-refractivity contribution in [2.24, 2.45) is 0 Å². The SMILES string of the molecule is CCOC1CCCN(C2CCCCC2O)C1. The fourth-order valence-electron chi connectivity index (χ4n) is 3.16. The molecule has 0 spiro atoms. The van der Waals surface area contributed by atoms with Gasteiger partial charge >= 0.3 is 0 Å². The third-order valence-corrected chi connectivity index (χ3v) is 3.97. The molecular formula is C13H25NO2. The minimum atomic E-state index is -0.103. The fraction of sp³-hybridized carbons (Fsp3) is 1.00. The second-order valence-electron chi connectivity index (χ2n) is 5.13. The smallest absolute Gasteiger partial charge is 0.0702 e. The van der Waals surface area contributed by atoms with E-state index in [2.05, 4.69) is 11.8 Å². The van der Waals surface area contributed by atoms with Crippen LogP contribution < -0.4 is 0 Å². The summed E-state index contributed by atoms with van der Waals surface area (Å²) in [6, 6.07) is 0.400. The van der Waals surface area contributed by atoms with Crippen molar-refractivity contribution in [1.29, 1.82) is 0 Å². The van der Waals surface area contributed by atoms with Gasteiger partial charge in [-0.3, -0.25) is 4.90 Å². The first-order chi connectivity index (χ1) is 7.81. The lowest BCUT2D eigenvalue weighted by molar-refractivity contribution is -0.0435. The number of aliphatic hydroxyl groups is 1. The van der Waals surface area contributed by atoms with Gasteiger partial charge in [0.25, 0.3) is 0 Å². The van der Waals surface area contributed by atoms with Crippen LogP contribution in [0.2, 0.25) is 0 Å². The molecule has 0 aromatic heterocycles. The van der Waals surface area contributed by atoms with Crippen LogP contribution >= 0.6 is 0 Å². The van der Waals surface area contributed by atoms with Crippen molar-refractivity contribution in [3.05, 3.63) is 0 Å². The van der Waals surface area contributed by atoms with Gasteiger partial charge in [-0.25, -0.2) is 0 Å². The van der Waals surface area contributed by atoms with E-state index in [0.29, 0.717) is 12.1 Å². The number of nitrogens with zero attached hydrogens (tertiary/aromatic N) is 1. The molecule has 1 saturated carbocycles. The van der Waals surface area contributed by atoms with E-state index in [1.54, 1.807) is 0 Å². The first-order valence-electron chi connectivity index (χ1n) is 6.85. The van der Waals surface area contributed by atoms with E-state index in [-0.39, 0.29) is 6.10 Å².